The van der Waals surface area contributed by atoms with Crippen LogP contribution in [0.5, 0.6) is 23.0 Å². The number of carbonyl (C=O) groups is 4. The van der Waals surface area contributed by atoms with Gasteiger partial charge in [-0.25, -0.2) is 0 Å². The molecule has 128 heavy (non-hydrogen) atoms. The predicted molar refractivity (Wildman–Crippen MR) is 533 cm³/mol. The van der Waals surface area contributed by atoms with Crippen molar-refractivity contribution in [1.82, 2.24) is 40.9 Å². The highest BCUT2D eigenvalue weighted by atomic mass is 16.5. The fourth-order valence-corrected chi connectivity index (χ4v) is 17.2. The number of nitrogens with one attached hydrogen (secondary N) is 4. The number of para-hydroxylation sites is 4. The van der Waals surface area contributed by atoms with E-state index in [0.29, 0.717) is 51.8 Å². The molecular weight excluding hydrogens is 1590 g/mol. The van der Waals surface area contributed by atoms with Crippen LogP contribution >= 0.6 is 0 Å². The van der Waals surface area contributed by atoms with Crippen molar-refractivity contribution >= 4 is 23.6 Å². The van der Waals surface area contributed by atoms with Crippen LogP contribution in [0, 0.1) is 35.5 Å². The van der Waals surface area contributed by atoms with Gasteiger partial charge < -0.3 is 59.8 Å². The smallest absolute Gasteiger partial charge is 0.251 e. The summed E-state index contributed by atoms with van der Waals surface area (Å²) in [7, 11) is 23.2. The molecule has 0 saturated heterocycles. The van der Waals surface area contributed by atoms with Gasteiger partial charge in [-0.15, -0.1) is 0 Å². The van der Waals surface area contributed by atoms with Crippen LogP contribution in [0.25, 0.3) is 44.5 Å². The van der Waals surface area contributed by atoms with Crippen LogP contribution in [0.4, 0.5) is 0 Å². The molecule has 1 aliphatic carbocycles. The summed E-state index contributed by atoms with van der Waals surface area (Å²) in [5.41, 5.74) is 18.0. The van der Waals surface area contributed by atoms with Crippen LogP contribution in [0.2, 0.25) is 0 Å². The molecule has 0 aliphatic heterocycles. The van der Waals surface area contributed by atoms with E-state index in [4.69, 9.17) is 18.9 Å². The van der Waals surface area contributed by atoms with Gasteiger partial charge >= 0.3 is 0 Å². The van der Waals surface area contributed by atoms with Crippen molar-refractivity contribution in [2.75, 3.05) is 111 Å². The molecule has 10 aromatic rings. The summed E-state index contributed by atoms with van der Waals surface area (Å²) in [6.45, 7) is 25.2. The molecule has 0 aromatic heterocycles. The summed E-state index contributed by atoms with van der Waals surface area (Å²) < 4.78 is 23.2. The lowest BCUT2D eigenvalue weighted by molar-refractivity contribution is 0.0909. The molecule has 10 aromatic carbocycles. The summed E-state index contributed by atoms with van der Waals surface area (Å²) in [6, 6.07) is 77.3. The van der Waals surface area contributed by atoms with E-state index in [-0.39, 0.29) is 47.8 Å². The fraction of sp³-hybridized carbons (Fsp3) is 0.429. The molecule has 1 fully saturated rings. The topological polar surface area (TPSA) is 166 Å². The lowest BCUT2D eigenvalue weighted by Gasteiger charge is -2.29. The van der Waals surface area contributed by atoms with Gasteiger partial charge in [-0.05, 0) is 241 Å². The number of nitrogens with zero attached hydrogens (tertiary/aromatic N) is 4. The Labute approximate surface area is 768 Å². The van der Waals surface area contributed by atoms with Crippen molar-refractivity contribution in [3.05, 3.63) is 286 Å². The van der Waals surface area contributed by atoms with E-state index in [9.17, 15) is 19.2 Å². The molecule has 4 amide bonds. The van der Waals surface area contributed by atoms with Gasteiger partial charge in [-0.3, -0.25) is 19.2 Å². The molecule has 0 radical (unpaired) electrons. The van der Waals surface area contributed by atoms with E-state index < -0.39 is 0 Å². The van der Waals surface area contributed by atoms with E-state index in [1.807, 2.05) is 170 Å². The molecule has 0 unspecified atom stereocenters. The summed E-state index contributed by atoms with van der Waals surface area (Å²) in [6.07, 6.45) is 13.0. The van der Waals surface area contributed by atoms with Crippen LogP contribution < -0.4 is 40.2 Å². The van der Waals surface area contributed by atoms with Crippen LogP contribution in [0.3, 0.4) is 0 Å². The number of hydrogen-bond acceptors (Lipinski definition) is 12. The van der Waals surface area contributed by atoms with Crippen LogP contribution in [-0.4, -0.2) is 178 Å². The first-order valence-electron chi connectivity index (χ1n) is 46.3. The van der Waals surface area contributed by atoms with Gasteiger partial charge in [0.1, 0.15) is 23.0 Å². The minimum absolute atomic E-state index is 0.0109. The Morgan fingerprint density at radius 3 is 0.836 bits per heavy atom. The number of rotatable bonds is 39. The molecular formula is C112H150N8O8. The van der Waals surface area contributed by atoms with Crippen LogP contribution in [0.1, 0.15) is 183 Å². The molecule has 1 aliphatic rings. The molecule has 0 bridgehead atoms. The van der Waals surface area contributed by atoms with Gasteiger partial charge in [-0.1, -0.05) is 283 Å². The Morgan fingerprint density at radius 2 is 0.570 bits per heavy atom. The summed E-state index contributed by atoms with van der Waals surface area (Å²) in [5, 5.41) is 13.0. The van der Waals surface area contributed by atoms with Gasteiger partial charge in [0.15, 0.2) is 0 Å². The SMILES string of the molecule is COc1c(CC(C)C)cccc1-c1cccc(C(=O)N[C@@H](CC2CCCCC2)CN(C)C)c1.COc1c(CC(C)C)cccc1-c1cccc(C(=O)N[C@@H](Cc2ccccc2)CN(C)C)c1.COc1c(CC(C)C)cccc1-c1cccc(C(=O)N[C@H](CN(C)C)C(C)C)c1.COc1c(CC(C)C)cccc1-c1cccc(C(=O)N[C@H](Cc2ccccc2)CN(C)C)c1. The number of likely N-dealkylation sites (N-methyl/N-ethyl adjacent to an activating group) is 4. The average molecular weight is 1740 g/mol. The van der Waals surface area contributed by atoms with Crippen molar-refractivity contribution in [3.8, 4) is 67.5 Å². The Bertz CT molecular complexity index is 4880. The monoisotopic (exact) mass is 1740 g/mol. The predicted octanol–water partition coefficient (Wildman–Crippen LogP) is 22.0. The van der Waals surface area contributed by atoms with Crippen molar-refractivity contribution < 1.29 is 38.1 Å². The maximum atomic E-state index is 13.3. The molecule has 11 rings (SSSR count). The molecule has 0 spiro atoms. The number of benzene rings is 10. The number of carbonyl (C=O) groups excluding carboxylic acids is 4. The molecule has 16 nitrogen and oxygen atoms in total. The first-order chi connectivity index (χ1) is 61.3. The summed E-state index contributed by atoms with van der Waals surface area (Å²) in [4.78, 5) is 61.1. The Hall–Kier alpha value is -10.9. The van der Waals surface area contributed by atoms with Gasteiger partial charge in [0.2, 0.25) is 0 Å². The summed E-state index contributed by atoms with van der Waals surface area (Å²) in [5.74, 6) is 6.67. The zero-order chi connectivity index (χ0) is 92.9. The number of ether oxygens (including phenoxy) is 4. The number of hydrogen-bond donors (Lipinski definition) is 4. The minimum Gasteiger partial charge on any atom is -0.496 e. The second kappa shape index (κ2) is 52.6. The van der Waals surface area contributed by atoms with Gasteiger partial charge in [0, 0.05) is 94.9 Å². The number of amides is 4. The molecule has 686 valence electrons. The van der Waals surface area contributed by atoms with E-state index >= 15 is 0 Å². The quantitative estimate of drug-likeness (QED) is 0.0288. The first kappa shape index (κ1) is 103. The van der Waals surface area contributed by atoms with Crippen molar-refractivity contribution in [3.63, 3.8) is 0 Å². The van der Waals surface area contributed by atoms with E-state index in [2.05, 4.69) is 227 Å². The zero-order valence-corrected chi connectivity index (χ0v) is 81.1. The maximum absolute atomic E-state index is 13.3. The van der Waals surface area contributed by atoms with Crippen molar-refractivity contribution in [2.45, 2.75) is 170 Å². The third kappa shape index (κ3) is 33.0. The molecule has 4 N–H and O–H groups in total. The maximum Gasteiger partial charge on any atom is 0.251 e. The van der Waals surface area contributed by atoms with Crippen molar-refractivity contribution in [1.29, 1.82) is 0 Å². The first-order valence-corrected chi connectivity index (χ1v) is 46.3. The lowest BCUT2D eigenvalue weighted by atomic mass is 9.84. The highest BCUT2D eigenvalue weighted by molar-refractivity contribution is 5.98. The Morgan fingerprint density at radius 1 is 0.305 bits per heavy atom. The van der Waals surface area contributed by atoms with E-state index in [0.717, 1.165) is 145 Å². The van der Waals surface area contributed by atoms with Crippen LogP contribution in [-0.2, 0) is 38.5 Å². The second-order valence-electron chi connectivity index (χ2n) is 37.7. The average Bonchev–Trinajstić information content (AvgIpc) is 0.819. The minimum atomic E-state index is -0.0584. The molecule has 1 saturated carbocycles. The fourth-order valence-electron chi connectivity index (χ4n) is 17.2. The zero-order valence-electron chi connectivity index (χ0n) is 81.1. The number of methoxy groups -OCH3 is 4. The highest BCUT2D eigenvalue weighted by Crippen LogP contribution is 2.40. The lowest BCUT2D eigenvalue weighted by Crippen LogP contribution is -2.45. The van der Waals surface area contributed by atoms with Crippen LogP contribution in [0.15, 0.2) is 231 Å². The molecule has 4 atom stereocenters. The van der Waals surface area contributed by atoms with Gasteiger partial charge in [0.05, 0.1) is 28.4 Å². The third-order valence-corrected chi connectivity index (χ3v) is 22.9. The Balaban J connectivity index is 0.000000211. The highest BCUT2D eigenvalue weighted by Gasteiger charge is 2.26. The van der Waals surface area contributed by atoms with E-state index in [1.54, 1.807) is 28.4 Å². The van der Waals surface area contributed by atoms with Crippen molar-refractivity contribution in [2.24, 2.45) is 35.5 Å². The standard InChI is InChI=1S/C29H42N2O2.2C29H36N2O2.C25H36N2O2/c3*1-21(2)17-24-14-10-16-27(28(24)33-5)23-13-9-15-25(19-23)29(32)30-26(20-31(3)4)18-22-11-7-6-8-12-22;1-17(2)14-20-11-9-13-22(24(20)29-7)19-10-8-12-21(15-19)25(28)26-23(18(3)4)16-27(5)6/h9-10,13-16,19,21-22,26H,6-8,11-12,17-18,20H2,1-5H3,(H,30,32);2*6-16,19,21,26H,17-18,20H2,1-5H3,(H,30,32);8-13,15,17-18,23H,14,16H2,1-7H3,(H,26,28)/t3*26-;23-/m0101/s1. The van der Waals surface area contributed by atoms with E-state index in [1.165, 1.54) is 65.5 Å². The van der Waals surface area contributed by atoms with Gasteiger partial charge in [-0.2, -0.15) is 0 Å². The molecule has 16 heteroatoms. The Kier molecular flexibility index (Phi) is 42.1. The largest absolute Gasteiger partial charge is 0.496 e. The third-order valence-electron chi connectivity index (χ3n) is 22.9. The normalized spacial score (nSPS) is 13.1. The second-order valence-corrected chi connectivity index (χ2v) is 37.7. The summed E-state index contributed by atoms with van der Waals surface area (Å²) >= 11 is 0. The van der Waals surface area contributed by atoms with Gasteiger partial charge in [0.25, 0.3) is 23.6 Å². The molecule has 0 heterocycles.